The maximum atomic E-state index is 6.18. The summed E-state index contributed by atoms with van der Waals surface area (Å²) < 4.78 is 0. The van der Waals surface area contributed by atoms with Crippen LogP contribution in [0, 0.1) is 6.92 Å². The topological polar surface area (TPSA) is 25.8 Å². The molecule has 1 heterocycles. The summed E-state index contributed by atoms with van der Waals surface area (Å²) in [5, 5.41) is 10.8. The van der Waals surface area contributed by atoms with E-state index in [9.17, 15) is 0 Å². The minimum absolute atomic E-state index is 0.644. The van der Waals surface area contributed by atoms with Crippen LogP contribution < -0.4 is 0 Å². The second-order valence-corrected chi connectivity index (χ2v) is 6.99. The van der Waals surface area contributed by atoms with Gasteiger partial charge < -0.3 is 0 Å². The van der Waals surface area contributed by atoms with Crippen molar-refractivity contribution in [2.24, 2.45) is 0 Å². The van der Waals surface area contributed by atoms with Crippen molar-refractivity contribution in [3.63, 3.8) is 0 Å². The molecule has 2 aromatic carbocycles. The zero-order valence-corrected chi connectivity index (χ0v) is 14.8. The molecule has 0 aliphatic rings. The van der Waals surface area contributed by atoms with Gasteiger partial charge in [-0.05, 0) is 36.8 Å². The first-order valence-electron chi connectivity index (χ1n) is 7.09. The summed E-state index contributed by atoms with van der Waals surface area (Å²) in [6.07, 6.45) is 0. The van der Waals surface area contributed by atoms with Gasteiger partial charge in [0.05, 0.1) is 5.69 Å². The van der Waals surface area contributed by atoms with Crippen LogP contribution in [0.25, 0.3) is 11.3 Å². The fourth-order valence-electron chi connectivity index (χ4n) is 2.07. The predicted molar refractivity (Wildman–Crippen MR) is 98.2 cm³/mol. The van der Waals surface area contributed by atoms with Crippen LogP contribution in [0.2, 0.25) is 10.0 Å². The summed E-state index contributed by atoms with van der Waals surface area (Å²) in [4.78, 5) is 0. The molecule has 0 atom stereocenters. The van der Waals surface area contributed by atoms with Crippen LogP contribution in [0.3, 0.4) is 0 Å². The van der Waals surface area contributed by atoms with Crippen LogP contribution in [-0.2, 0) is 5.75 Å². The summed E-state index contributed by atoms with van der Waals surface area (Å²) in [6.45, 7) is 2.07. The normalized spacial score (nSPS) is 10.7. The van der Waals surface area contributed by atoms with Crippen molar-refractivity contribution < 1.29 is 0 Å². The molecule has 0 unspecified atom stereocenters. The fourth-order valence-corrected chi connectivity index (χ4v) is 3.44. The van der Waals surface area contributed by atoms with Crippen molar-refractivity contribution >= 4 is 35.0 Å². The number of benzene rings is 2. The number of nitrogens with zero attached hydrogens (tertiary/aromatic N) is 2. The van der Waals surface area contributed by atoms with Crippen molar-refractivity contribution in [1.82, 2.24) is 10.2 Å². The minimum Gasteiger partial charge on any atom is -0.149 e. The fraction of sp³-hybridized carbons (Fsp3) is 0.111. The maximum Gasteiger partial charge on any atom is 0.119 e. The first-order chi connectivity index (χ1) is 11.1. The van der Waals surface area contributed by atoms with E-state index in [0.29, 0.717) is 10.0 Å². The molecule has 0 spiro atoms. The van der Waals surface area contributed by atoms with Gasteiger partial charge in [0.2, 0.25) is 0 Å². The number of aromatic nitrogens is 2. The summed E-state index contributed by atoms with van der Waals surface area (Å²) in [7, 11) is 0. The Morgan fingerprint density at radius 1 is 0.913 bits per heavy atom. The van der Waals surface area contributed by atoms with Crippen LogP contribution >= 0.6 is 35.0 Å². The third-order valence-electron chi connectivity index (χ3n) is 3.38. The van der Waals surface area contributed by atoms with Crippen LogP contribution in [0.5, 0.6) is 0 Å². The minimum atomic E-state index is 0.644. The highest BCUT2D eigenvalue weighted by Crippen LogP contribution is 2.28. The summed E-state index contributed by atoms with van der Waals surface area (Å²) in [5.41, 5.74) is 4.21. The van der Waals surface area contributed by atoms with Crippen LogP contribution in [0.1, 0.15) is 11.1 Å². The molecule has 0 N–H and O–H groups in total. The van der Waals surface area contributed by atoms with Gasteiger partial charge in [0, 0.05) is 21.4 Å². The molecule has 0 saturated heterocycles. The molecule has 116 valence electrons. The number of hydrogen-bond donors (Lipinski definition) is 0. The standard InChI is InChI=1S/C18H14Cl2N2S/c1-12-2-4-13(5-3-12)17-8-9-18(22-21-17)23-11-14-6-7-15(19)10-16(14)20/h2-10H,11H2,1H3. The van der Waals surface area contributed by atoms with E-state index >= 15 is 0 Å². The van der Waals surface area contributed by atoms with Gasteiger partial charge in [0.15, 0.2) is 0 Å². The van der Waals surface area contributed by atoms with Crippen molar-refractivity contribution in [3.8, 4) is 11.3 Å². The first kappa shape index (κ1) is 16.3. The quantitative estimate of drug-likeness (QED) is 0.529. The first-order valence-corrected chi connectivity index (χ1v) is 8.83. The second kappa shape index (κ2) is 7.35. The van der Waals surface area contributed by atoms with Crippen molar-refractivity contribution in [1.29, 1.82) is 0 Å². The Morgan fingerprint density at radius 3 is 2.35 bits per heavy atom. The van der Waals surface area contributed by atoms with E-state index in [1.165, 1.54) is 5.56 Å². The Balaban J connectivity index is 1.69. The zero-order chi connectivity index (χ0) is 16.2. The maximum absolute atomic E-state index is 6.18. The highest BCUT2D eigenvalue weighted by atomic mass is 35.5. The van der Waals surface area contributed by atoms with Gasteiger partial charge in [-0.15, -0.1) is 10.2 Å². The molecule has 0 saturated carbocycles. The van der Waals surface area contributed by atoms with E-state index in [0.717, 1.165) is 27.6 Å². The Labute approximate surface area is 149 Å². The third-order valence-corrected chi connectivity index (χ3v) is 4.93. The van der Waals surface area contributed by atoms with E-state index in [1.807, 2.05) is 24.3 Å². The molecular weight excluding hydrogens is 347 g/mol. The van der Waals surface area contributed by atoms with Crippen molar-refractivity contribution in [3.05, 3.63) is 75.8 Å². The summed E-state index contributed by atoms with van der Waals surface area (Å²) >= 11 is 13.7. The van der Waals surface area contributed by atoms with Gasteiger partial charge >= 0.3 is 0 Å². The average Bonchev–Trinajstić information content (AvgIpc) is 2.55. The van der Waals surface area contributed by atoms with Gasteiger partial charge in [-0.1, -0.05) is 70.9 Å². The number of rotatable bonds is 4. The van der Waals surface area contributed by atoms with Gasteiger partial charge in [-0.3, -0.25) is 0 Å². The summed E-state index contributed by atoms with van der Waals surface area (Å²) in [5.74, 6) is 0.731. The lowest BCUT2D eigenvalue weighted by atomic mass is 10.1. The van der Waals surface area contributed by atoms with Crippen LogP contribution in [-0.4, -0.2) is 10.2 Å². The molecule has 0 bridgehead atoms. The van der Waals surface area contributed by atoms with E-state index in [1.54, 1.807) is 17.8 Å². The van der Waals surface area contributed by atoms with E-state index in [-0.39, 0.29) is 0 Å². The SMILES string of the molecule is Cc1ccc(-c2ccc(SCc3ccc(Cl)cc3Cl)nn2)cc1. The third kappa shape index (κ3) is 4.25. The zero-order valence-electron chi connectivity index (χ0n) is 12.5. The molecule has 2 nitrogen and oxygen atoms in total. The molecule has 0 amide bonds. The number of aryl methyl sites for hydroxylation is 1. The van der Waals surface area contributed by atoms with E-state index in [2.05, 4.69) is 41.4 Å². The monoisotopic (exact) mass is 360 g/mol. The Kier molecular flexibility index (Phi) is 5.21. The molecule has 0 aliphatic heterocycles. The predicted octanol–water partition coefficient (Wildman–Crippen LogP) is 6.05. The van der Waals surface area contributed by atoms with Gasteiger partial charge in [0.25, 0.3) is 0 Å². The Morgan fingerprint density at radius 2 is 1.70 bits per heavy atom. The Hall–Kier alpha value is -1.55. The molecule has 5 heteroatoms. The second-order valence-electron chi connectivity index (χ2n) is 5.15. The van der Waals surface area contributed by atoms with Crippen molar-refractivity contribution in [2.75, 3.05) is 0 Å². The molecule has 0 fully saturated rings. The molecular formula is C18H14Cl2N2S. The molecule has 23 heavy (non-hydrogen) atoms. The number of thioether (sulfide) groups is 1. The van der Waals surface area contributed by atoms with Gasteiger partial charge in [0.1, 0.15) is 5.03 Å². The lowest BCUT2D eigenvalue weighted by Gasteiger charge is -2.05. The highest BCUT2D eigenvalue weighted by molar-refractivity contribution is 7.98. The molecule has 3 aromatic rings. The lowest BCUT2D eigenvalue weighted by molar-refractivity contribution is 0.935. The Bertz CT molecular complexity index is 802. The smallest absolute Gasteiger partial charge is 0.119 e. The van der Waals surface area contributed by atoms with Crippen LogP contribution in [0.4, 0.5) is 0 Å². The molecule has 0 radical (unpaired) electrons. The van der Waals surface area contributed by atoms with E-state index in [4.69, 9.17) is 23.2 Å². The average molecular weight is 361 g/mol. The van der Waals surface area contributed by atoms with E-state index < -0.39 is 0 Å². The highest BCUT2D eigenvalue weighted by Gasteiger charge is 2.05. The largest absolute Gasteiger partial charge is 0.149 e. The van der Waals surface area contributed by atoms with Gasteiger partial charge in [-0.25, -0.2) is 0 Å². The van der Waals surface area contributed by atoms with Crippen LogP contribution in [0.15, 0.2) is 59.6 Å². The molecule has 3 rings (SSSR count). The molecule has 1 aromatic heterocycles. The lowest BCUT2D eigenvalue weighted by Crippen LogP contribution is -1.90. The number of hydrogen-bond acceptors (Lipinski definition) is 3. The summed E-state index contributed by atoms with van der Waals surface area (Å²) in [6, 6.07) is 17.8. The van der Waals surface area contributed by atoms with Crippen molar-refractivity contribution in [2.45, 2.75) is 17.7 Å². The number of halogens is 2. The molecule has 0 aliphatic carbocycles. The van der Waals surface area contributed by atoms with Gasteiger partial charge in [-0.2, -0.15) is 0 Å².